The number of alkyl halides is 1. The number of nitrogens with zero attached hydrogens (tertiary/aromatic N) is 2. The summed E-state index contributed by atoms with van der Waals surface area (Å²) in [5.41, 5.74) is 7.96. The number of rotatable bonds is 10. The van der Waals surface area contributed by atoms with Gasteiger partial charge in [0.1, 0.15) is 11.9 Å². The van der Waals surface area contributed by atoms with E-state index in [1.54, 1.807) is 4.79 Å². The second-order valence-corrected chi connectivity index (χ2v) is 8.57. The van der Waals surface area contributed by atoms with E-state index in [0.29, 0.717) is 5.92 Å². The van der Waals surface area contributed by atoms with Gasteiger partial charge in [0.15, 0.2) is 0 Å². The number of hydrogen-bond acceptors (Lipinski definition) is 4. The Kier molecular flexibility index (Phi) is 6.64. The maximum Gasteiger partial charge on any atom is 0.254 e. The highest BCUT2D eigenvalue weighted by molar-refractivity contribution is 9.08. The molecule has 0 atom stereocenters. The summed E-state index contributed by atoms with van der Waals surface area (Å²) in [6.07, 6.45) is 10.7. The molecule has 0 aliphatic heterocycles. The van der Waals surface area contributed by atoms with Crippen LogP contribution in [0.4, 0.5) is 11.4 Å². The molecule has 2 aromatic rings. The van der Waals surface area contributed by atoms with E-state index in [1.165, 1.54) is 30.4 Å². The first-order chi connectivity index (χ1) is 14.2. The Morgan fingerprint density at radius 2 is 2.07 bits per heavy atom. The minimum Gasteiger partial charge on any atom is -0.380 e. The van der Waals surface area contributed by atoms with Gasteiger partial charge < -0.3 is 10.6 Å². The van der Waals surface area contributed by atoms with Crippen LogP contribution in [0.5, 0.6) is 0 Å². The monoisotopic (exact) mass is 458 g/mol. The number of aromatic nitrogens is 2. The van der Waals surface area contributed by atoms with Crippen molar-refractivity contribution in [1.29, 1.82) is 0 Å². The number of halogens is 1. The Labute approximate surface area is 180 Å². The maximum atomic E-state index is 11.9. The van der Waals surface area contributed by atoms with Crippen molar-refractivity contribution in [3.05, 3.63) is 47.8 Å². The smallest absolute Gasteiger partial charge is 0.254 e. The Hall–Kier alpha value is -2.15. The molecule has 7 heteroatoms. The summed E-state index contributed by atoms with van der Waals surface area (Å²) in [7, 11) is 0. The molecule has 0 saturated heterocycles. The lowest BCUT2D eigenvalue weighted by molar-refractivity contribution is -0.703. The predicted octanol–water partition coefficient (Wildman–Crippen LogP) is 3.73. The minimum absolute atomic E-state index is 0.228. The van der Waals surface area contributed by atoms with Crippen molar-refractivity contribution >= 4 is 33.2 Å². The van der Waals surface area contributed by atoms with Crippen molar-refractivity contribution < 1.29 is 9.59 Å². The summed E-state index contributed by atoms with van der Waals surface area (Å²) < 4.78 is 0. The van der Waals surface area contributed by atoms with Crippen LogP contribution >= 0.6 is 15.9 Å². The average Bonchev–Trinajstić information content (AvgIpc) is 3.52. The van der Waals surface area contributed by atoms with Crippen LogP contribution in [0, 0.1) is 5.92 Å². The van der Waals surface area contributed by atoms with Crippen LogP contribution in [-0.2, 0) is 10.1 Å². The second-order valence-electron chi connectivity index (χ2n) is 8.01. The number of carbonyl (C=O) groups is 1. The van der Waals surface area contributed by atoms with E-state index in [-0.39, 0.29) is 11.8 Å². The summed E-state index contributed by atoms with van der Waals surface area (Å²) in [5, 5.41) is 12.0. The molecule has 0 spiro atoms. The molecule has 1 amide bonds. The van der Waals surface area contributed by atoms with Gasteiger partial charge in [0.05, 0.1) is 5.69 Å². The standard InChI is InChI=1S/C22H28BrN5O/c23-13-16-4-1-7-19(12-16)27-28-15-21(20(14-26-28)17-8-9-17)24-10-3-11-25-22(29)18-5-2-6-18/h1,4,7,12,14-15,17-18H,2-3,5-6,8-11,13H2,(H2-,24,25,26,27,29)/p+1. The first-order valence-corrected chi connectivity index (χ1v) is 11.7. The van der Waals surface area contributed by atoms with E-state index in [0.717, 1.165) is 49.1 Å². The molecular weight excluding hydrogens is 430 g/mol. The Balaban J connectivity index is 1.33. The van der Waals surface area contributed by atoms with Crippen molar-refractivity contribution in [1.82, 2.24) is 10.4 Å². The molecular formula is C22H29BrN5O+. The van der Waals surface area contributed by atoms with Crippen LogP contribution in [0.1, 0.15) is 55.6 Å². The largest absolute Gasteiger partial charge is 0.380 e. The third kappa shape index (κ3) is 5.47. The lowest BCUT2D eigenvalue weighted by Crippen LogP contribution is -2.46. The number of benzene rings is 1. The van der Waals surface area contributed by atoms with E-state index >= 15 is 0 Å². The molecule has 2 aliphatic carbocycles. The first kappa shape index (κ1) is 20.1. The number of hydrogen-bond donors (Lipinski definition) is 3. The topological polar surface area (TPSA) is 69.9 Å². The summed E-state index contributed by atoms with van der Waals surface area (Å²) in [6, 6.07) is 8.27. The van der Waals surface area contributed by atoms with Crippen LogP contribution in [-0.4, -0.2) is 24.1 Å². The van der Waals surface area contributed by atoms with Crippen LogP contribution in [0.25, 0.3) is 0 Å². The highest BCUT2D eigenvalue weighted by Gasteiger charge is 2.29. The number of anilines is 2. The molecule has 29 heavy (non-hydrogen) atoms. The Morgan fingerprint density at radius 1 is 1.21 bits per heavy atom. The predicted molar refractivity (Wildman–Crippen MR) is 118 cm³/mol. The molecule has 0 unspecified atom stereocenters. The van der Waals surface area contributed by atoms with Crippen molar-refractivity contribution in [2.75, 3.05) is 23.8 Å². The van der Waals surface area contributed by atoms with Gasteiger partial charge in [0.25, 0.3) is 6.20 Å². The van der Waals surface area contributed by atoms with Crippen LogP contribution in [0.3, 0.4) is 0 Å². The van der Waals surface area contributed by atoms with Crippen molar-refractivity contribution in [3.8, 4) is 0 Å². The maximum absolute atomic E-state index is 11.9. The summed E-state index contributed by atoms with van der Waals surface area (Å²) >= 11 is 3.50. The summed E-state index contributed by atoms with van der Waals surface area (Å²) in [4.78, 5) is 13.7. The summed E-state index contributed by atoms with van der Waals surface area (Å²) in [5.74, 6) is 1.11. The van der Waals surface area contributed by atoms with E-state index in [9.17, 15) is 4.79 Å². The van der Waals surface area contributed by atoms with Crippen LogP contribution in [0.2, 0.25) is 0 Å². The second kappa shape index (κ2) is 9.57. The molecule has 2 fully saturated rings. The number of carbonyl (C=O) groups excluding carboxylic acids is 1. The molecule has 0 radical (unpaired) electrons. The van der Waals surface area contributed by atoms with Gasteiger partial charge >= 0.3 is 0 Å². The fourth-order valence-corrected chi connectivity index (χ4v) is 3.90. The number of nitrogens with one attached hydrogen (secondary N) is 3. The fraction of sp³-hybridized carbons (Fsp3) is 0.500. The van der Waals surface area contributed by atoms with Gasteiger partial charge in [-0.2, -0.15) is 0 Å². The molecule has 2 saturated carbocycles. The molecule has 4 rings (SSSR count). The van der Waals surface area contributed by atoms with E-state index in [1.807, 2.05) is 24.5 Å². The zero-order valence-electron chi connectivity index (χ0n) is 16.7. The fourth-order valence-electron chi connectivity index (χ4n) is 3.55. The molecule has 1 aromatic carbocycles. The highest BCUT2D eigenvalue weighted by atomic mass is 79.9. The third-order valence-corrected chi connectivity index (χ3v) is 6.32. The molecule has 0 bridgehead atoms. The third-order valence-electron chi connectivity index (χ3n) is 5.67. The molecule has 1 aromatic heterocycles. The van der Waals surface area contributed by atoms with E-state index in [2.05, 4.69) is 49.2 Å². The van der Waals surface area contributed by atoms with Crippen molar-refractivity contribution in [3.63, 3.8) is 0 Å². The summed E-state index contributed by atoms with van der Waals surface area (Å²) in [6.45, 7) is 1.55. The van der Waals surface area contributed by atoms with Gasteiger partial charge in [-0.05, 0) is 55.7 Å². The molecule has 3 N–H and O–H groups in total. The van der Waals surface area contributed by atoms with Gasteiger partial charge in [0, 0.05) is 39.8 Å². The average molecular weight is 459 g/mol. The molecule has 6 nitrogen and oxygen atoms in total. The van der Waals surface area contributed by atoms with Gasteiger partial charge in [-0.15, -0.1) is 5.43 Å². The highest BCUT2D eigenvalue weighted by Crippen LogP contribution is 2.42. The van der Waals surface area contributed by atoms with Crippen molar-refractivity contribution in [2.45, 2.75) is 49.8 Å². The van der Waals surface area contributed by atoms with E-state index in [4.69, 9.17) is 0 Å². The normalized spacial score (nSPS) is 16.2. The number of amides is 1. The van der Waals surface area contributed by atoms with Crippen LogP contribution in [0.15, 0.2) is 36.7 Å². The lowest BCUT2D eigenvalue weighted by atomic mass is 9.85. The van der Waals surface area contributed by atoms with Gasteiger partial charge in [-0.1, -0.05) is 34.5 Å². The SMILES string of the molecule is O=C(NCCCNc1c[n+](Nc2cccc(CBr)c2)ncc1C1CC1)C1CCC1. The lowest BCUT2D eigenvalue weighted by Gasteiger charge is -2.24. The van der Waals surface area contributed by atoms with Crippen LogP contribution < -0.4 is 20.9 Å². The zero-order chi connectivity index (χ0) is 20.1. The van der Waals surface area contributed by atoms with E-state index < -0.39 is 0 Å². The van der Waals surface area contributed by atoms with Gasteiger partial charge in [-0.25, -0.2) is 0 Å². The first-order valence-electron chi connectivity index (χ1n) is 10.6. The molecule has 2 aliphatic rings. The Morgan fingerprint density at radius 3 is 2.79 bits per heavy atom. The van der Waals surface area contributed by atoms with Gasteiger partial charge in [0.2, 0.25) is 5.91 Å². The zero-order valence-corrected chi connectivity index (χ0v) is 18.2. The van der Waals surface area contributed by atoms with Crippen molar-refractivity contribution in [2.24, 2.45) is 5.92 Å². The molecule has 154 valence electrons. The Bertz CT molecular complexity index is 851. The van der Waals surface area contributed by atoms with Gasteiger partial charge in [-0.3, -0.25) is 4.79 Å². The quantitative estimate of drug-likeness (QED) is 0.288. The minimum atomic E-state index is 0.228. The molecule has 1 heterocycles.